The molecule has 0 radical (unpaired) electrons. The molecular weight excluding hydrogens is 229 g/mol. The van der Waals surface area contributed by atoms with Gasteiger partial charge in [-0.1, -0.05) is 35.3 Å². The van der Waals surface area contributed by atoms with Crippen molar-refractivity contribution in [2.45, 2.75) is 20.8 Å². The Kier molecular flexibility index (Phi) is 2.61. The van der Waals surface area contributed by atoms with Crippen LogP contribution in [0.1, 0.15) is 16.8 Å². The number of fused-ring (bicyclic) bond motifs is 1. The van der Waals surface area contributed by atoms with Crippen molar-refractivity contribution in [2.24, 2.45) is 0 Å². The Morgan fingerprint density at radius 3 is 2.20 bits per heavy atom. The van der Waals surface area contributed by atoms with Crippen molar-refractivity contribution < 1.29 is 0 Å². The summed E-state index contributed by atoms with van der Waals surface area (Å²) in [5.41, 5.74) is 3.96. The topological polar surface area (TPSA) is 12.9 Å². The van der Waals surface area contributed by atoms with Gasteiger partial charge < -0.3 is 0 Å². The first-order chi connectivity index (χ1) is 7.02. The molecule has 0 bridgehead atoms. The Balaban J connectivity index is 3.04. The molecule has 78 valence electrons. The molecule has 0 fully saturated rings. The van der Waals surface area contributed by atoms with Gasteiger partial charge in [-0.25, -0.2) is 0 Å². The summed E-state index contributed by atoms with van der Waals surface area (Å²) in [7, 11) is 0. The zero-order valence-corrected chi connectivity index (χ0v) is 10.4. The lowest BCUT2D eigenvalue weighted by Gasteiger charge is -2.09. The molecule has 2 aromatic rings. The highest BCUT2D eigenvalue weighted by atomic mass is 35.5. The summed E-state index contributed by atoms with van der Waals surface area (Å²) in [6.07, 6.45) is 0. The van der Waals surface area contributed by atoms with Gasteiger partial charge in [0.05, 0.1) is 21.3 Å². The molecule has 0 saturated carbocycles. The van der Waals surface area contributed by atoms with Crippen molar-refractivity contribution in [3.05, 3.63) is 39.0 Å². The van der Waals surface area contributed by atoms with Crippen molar-refractivity contribution in [3.8, 4) is 0 Å². The fraction of sp³-hybridized carbons (Fsp3) is 0.250. The minimum Gasteiger partial charge on any atom is -0.251 e. The summed E-state index contributed by atoms with van der Waals surface area (Å²) < 4.78 is 0. The fourth-order valence-corrected chi connectivity index (χ4v) is 2.21. The lowest BCUT2D eigenvalue weighted by Crippen LogP contribution is -1.92. The third-order valence-electron chi connectivity index (χ3n) is 2.60. The number of pyridine rings is 1. The molecule has 15 heavy (non-hydrogen) atoms. The number of rotatable bonds is 0. The van der Waals surface area contributed by atoms with Crippen LogP contribution in [0.15, 0.2) is 12.1 Å². The number of hydrogen-bond acceptors (Lipinski definition) is 1. The molecule has 0 amide bonds. The van der Waals surface area contributed by atoms with Gasteiger partial charge in [-0.3, -0.25) is 4.98 Å². The predicted molar refractivity (Wildman–Crippen MR) is 66.0 cm³/mol. The summed E-state index contributed by atoms with van der Waals surface area (Å²) in [5.74, 6) is 0. The van der Waals surface area contributed by atoms with Crippen molar-refractivity contribution >= 4 is 34.1 Å². The third-order valence-corrected chi connectivity index (χ3v) is 3.53. The summed E-state index contributed by atoms with van der Waals surface area (Å²) in [4.78, 5) is 4.48. The second-order valence-electron chi connectivity index (χ2n) is 3.75. The van der Waals surface area contributed by atoms with E-state index in [0.717, 1.165) is 27.7 Å². The molecule has 0 spiro atoms. The fourth-order valence-electron chi connectivity index (χ4n) is 1.70. The van der Waals surface area contributed by atoms with E-state index in [4.69, 9.17) is 23.2 Å². The molecule has 1 aromatic carbocycles. The molecule has 3 heteroatoms. The average Bonchev–Trinajstić information content (AvgIpc) is 2.20. The molecule has 1 aromatic heterocycles. The van der Waals surface area contributed by atoms with Crippen molar-refractivity contribution in [1.29, 1.82) is 0 Å². The molecule has 0 N–H and O–H groups in total. The van der Waals surface area contributed by atoms with Crippen LogP contribution in [0.4, 0.5) is 0 Å². The number of aromatic nitrogens is 1. The maximum Gasteiger partial charge on any atom is 0.0811 e. The van der Waals surface area contributed by atoms with Crippen LogP contribution in [-0.4, -0.2) is 4.98 Å². The van der Waals surface area contributed by atoms with Crippen LogP contribution in [0.25, 0.3) is 10.9 Å². The summed E-state index contributed by atoms with van der Waals surface area (Å²) in [6.45, 7) is 5.91. The number of nitrogens with zero attached hydrogens (tertiary/aromatic N) is 1. The molecule has 1 heterocycles. The molecular formula is C12H11Cl2N. The molecule has 0 aliphatic carbocycles. The predicted octanol–water partition coefficient (Wildman–Crippen LogP) is 4.47. The van der Waals surface area contributed by atoms with Gasteiger partial charge in [0.15, 0.2) is 0 Å². The Morgan fingerprint density at radius 1 is 0.933 bits per heavy atom. The van der Waals surface area contributed by atoms with Gasteiger partial charge in [0.2, 0.25) is 0 Å². The van der Waals surface area contributed by atoms with Crippen molar-refractivity contribution in [1.82, 2.24) is 4.98 Å². The number of aryl methyl sites for hydroxylation is 3. The smallest absolute Gasteiger partial charge is 0.0811 e. The Bertz CT molecular complexity index is 547. The molecule has 0 aliphatic rings. The highest BCUT2D eigenvalue weighted by Crippen LogP contribution is 2.34. The quantitative estimate of drug-likeness (QED) is 0.662. The summed E-state index contributed by atoms with van der Waals surface area (Å²) >= 11 is 12.3. The minimum absolute atomic E-state index is 0.554. The second-order valence-corrected chi connectivity index (χ2v) is 4.50. The zero-order valence-electron chi connectivity index (χ0n) is 8.86. The van der Waals surface area contributed by atoms with Gasteiger partial charge in [0.1, 0.15) is 0 Å². The first-order valence-electron chi connectivity index (χ1n) is 4.74. The number of hydrogen-bond donors (Lipinski definition) is 0. The molecule has 0 saturated heterocycles. The summed E-state index contributed by atoms with van der Waals surface area (Å²) in [6, 6.07) is 4.09. The second kappa shape index (κ2) is 3.66. The van der Waals surface area contributed by atoms with E-state index in [1.54, 1.807) is 0 Å². The maximum atomic E-state index is 6.24. The molecule has 2 rings (SSSR count). The van der Waals surface area contributed by atoms with Crippen LogP contribution in [-0.2, 0) is 0 Å². The summed E-state index contributed by atoms with van der Waals surface area (Å²) in [5, 5.41) is 2.13. The van der Waals surface area contributed by atoms with Crippen LogP contribution in [0.5, 0.6) is 0 Å². The first-order valence-corrected chi connectivity index (χ1v) is 5.49. The number of halogens is 2. The van der Waals surface area contributed by atoms with Crippen molar-refractivity contribution in [2.75, 3.05) is 0 Å². The molecule has 0 unspecified atom stereocenters. The van der Waals surface area contributed by atoms with Gasteiger partial charge in [-0.2, -0.15) is 0 Å². The highest BCUT2D eigenvalue weighted by molar-refractivity contribution is 6.45. The monoisotopic (exact) mass is 239 g/mol. The van der Waals surface area contributed by atoms with E-state index >= 15 is 0 Å². The molecule has 1 nitrogen and oxygen atoms in total. The zero-order chi connectivity index (χ0) is 11.2. The highest BCUT2D eigenvalue weighted by Gasteiger charge is 2.12. The SMILES string of the molecule is Cc1nc2c(C)ccc(C)c2c(Cl)c1Cl. The third kappa shape index (κ3) is 1.60. The standard InChI is InChI=1S/C12H11Cl2N/c1-6-4-5-7(2)12-9(6)11(14)10(13)8(3)15-12/h4-5H,1-3H3. The average molecular weight is 240 g/mol. The van der Waals surface area contributed by atoms with E-state index in [-0.39, 0.29) is 0 Å². The van der Waals surface area contributed by atoms with Gasteiger partial charge in [-0.15, -0.1) is 0 Å². The van der Waals surface area contributed by atoms with Crippen LogP contribution >= 0.6 is 23.2 Å². The Hall–Kier alpha value is -0.790. The lowest BCUT2D eigenvalue weighted by molar-refractivity contribution is 1.23. The van der Waals surface area contributed by atoms with Crippen LogP contribution < -0.4 is 0 Å². The number of benzene rings is 1. The van der Waals surface area contributed by atoms with E-state index < -0.39 is 0 Å². The van der Waals surface area contributed by atoms with Gasteiger partial charge in [0.25, 0.3) is 0 Å². The van der Waals surface area contributed by atoms with Crippen LogP contribution in [0.2, 0.25) is 10.0 Å². The van der Waals surface area contributed by atoms with E-state index in [9.17, 15) is 0 Å². The largest absolute Gasteiger partial charge is 0.251 e. The molecule has 0 aliphatic heterocycles. The van der Waals surface area contributed by atoms with E-state index in [2.05, 4.69) is 4.98 Å². The van der Waals surface area contributed by atoms with Crippen molar-refractivity contribution in [3.63, 3.8) is 0 Å². The van der Waals surface area contributed by atoms with Gasteiger partial charge >= 0.3 is 0 Å². The van der Waals surface area contributed by atoms with E-state index in [1.807, 2.05) is 32.9 Å². The van der Waals surface area contributed by atoms with Gasteiger partial charge in [0, 0.05) is 5.39 Å². The normalized spacial score (nSPS) is 11.0. The van der Waals surface area contributed by atoms with E-state index in [0.29, 0.717) is 10.0 Å². The Labute approximate surface area is 99.0 Å². The Morgan fingerprint density at radius 2 is 1.53 bits per heavy atom. The lowest BCUT2D eigenvalue weighted by atomic mass is 10.1. The minimum atomic E-state index is 0.554. The maximum absolute atomic E-state index is 6.24. The first kappa shape index (κ1) is 10.7. The van der Waals surface area contributed by atoms with Crippen LogP contribution in [0, 0.1) is 20.8 Å². The van der Waals surface area contributed by atoms with E-state index in [1.165, 1.54) is 0 Å². The van der Waals surface area contributed by atoms with Gasteiger partial charge in [-0.05, 0) is 31.9 Å². The van der Waals surface area contributed by atoms with Crippen LogP contribution in [0.3, 0.4) is 0 Å². The molecule has 0 atom stereocenters.